The Morgan fingerprint density at radius 3 is 2.46 bits per heavy atom. The summed E-state index contributed by atoms with van der Waals surface area (Å²) in [6.07, 6.45) is 17.1. The highest BCUT2D eigenvalue weighted by molar-refractivity contribution is 5.50. The van der Waals surface area contributed by atoms with Gasteiger partial charge in [0.15, 0.2) is 5.79 Å². The summed E-state index contributed by atoms with van der Waals surface area (Å²) in [5.41, 5.74) is 5.25. The van der Waals surface area contributed by atoms with Gasteiger partial charge < -0.3 is 14.6 Å². The summed E-state index contributed by atoms with van der Waals surface area (Å²) in [5.74, 6) is 1.61. The van der Waals surface area contributed by atoms with E-state index in [0.717, 1.165) is 50.4 Å². The van der Waals surface area contributed by atoms with Gasteiger partial charge in [0.1, 0.15) is 0 Å². The normalized spacial score (nSPS) is 42.7. The lowest BCUT2D eigenvalue weighted by atomic mass is 9.43. The Bertz CT molecular complexity index is 934. The molecule has 1 aliphatic heterocycles. The highest BCUT2D eigenvalue weighted by Gasteiger charge is 2.66. The molecule has 5 rings (SSSR count). The molecule has 3 nitrogen and oxygen atoms in total. The fourth-order valence-electron chi connectivity index (χ4n) is 9.71. The summed E-state index contributed by atoms with van der Waals surface area (Å²) in [4.78, 5) is 0. The molecule has 0 aromatic carbocycles. The smallest absolute Gasteiger partial charge is 0.173 e. The second kappa shape index (κ2) is 8.57. The van der Waals surface area contributed by atoms with Gasteiger partial charge in [0.25, 0.3) is 0 Å². The van der Waals surface area contributed by atoms with Crippen molar-refractivity contribution in [2.45, 2.75) is 106 Å². The van der Waals surface area contributed by atoms with Gasteiger partial charge in [-0.2, -0.15) is 0 Å². The lowest BCUT2D eigenvalue weighted by Gasteiger charge is -2.63. The standard InChI is InChI=1S/C32H50O3/c1-22(21-33)9-8-10-23(2)24-13-15-31(7)26-11-12-27-28(3,4)32(34-19-20-35-32)18-17-29(27,5)25(26)14-16-30(24,31)6/h9,11,14,23-24,27,33H,8,10,12-13,15-21H2,1-7H3/b22-9-/t23-,24-,27?,29-,30-,31+/m1/s1. The molecule has 1 unspecified atom stereocenters. The minimum Gasteiger partial charge on any atom is -0.392 e. The maximum absolute atomic E-state index is 9.35. The van der Waals surface area contributed by atoms with Crippen LogP contribution in [0.5, 0.6) is 0 Å². The summed E-state index contributed by atoms with van der Waals surface area (Å²) >= 11 is 0. The van der Waals surface area contributed by atoms with Gasteiger partial charge in [-0.05, 0) is 97.0 Å². The van der Waals surface area contributed by atoms with Crippen LogP contribution in [0.2, 0.25) is 0 Å². The van der Waals surface area contributed by atoms with E-state index < -0.39 is 5.79 Å². The Labute approximate surface area is 214 Å². The van der Waals surface area contributed by atoms with Crippen molar-refractivity contribution in [2.75, 3.05) is 19.8 Å². The molecule has 1 saturated heterocycles. The first-order valence-electron chi connectivity index (χ1n) is 14.4. The van der Waals surface area contributed by atoms with Crippen molar-refractivity contribution >= 4 is 0 Å². The van der Waals surface area contributed by atoms with Crippen LogP contribution < -0.4 is 0 Å². The monoisotopic (exact) mass is 482 g/mol. The lowest BCUT2D eigenvalue weighted by molar-refractivity contribution is -0.279. The molecular weight excluding hydrogens is 432 g/mol. The predicted octanol–water partition coefficient (Wildman–Crippen LogP) is 7.61. The number of fused-ring (bicyclic) bond motifs is 5. The van der Waals surface area contributed by atoms with Crippen LogP contribution in [0, 0.1) is 39.4 Å². The molecule has 1 heterocycles. The molecule has 6 atom stereocenters. The number of rotatable bonds is 5. The minimum atomic E-state index is -0.396. The Morgan fingerprint density at radius 1 is 1.06 bits per heavy atom. The molecule has 4 aliphatic carbocycles. The number of aliphatic hydroxyl groups is 1. The van der Waals surface area contributed by atoms with Crippen LogP contribution in [0.4, 0.5) is 0 Å². The van der Waals surface area contributed by atoms with Crippen LogP contribution in [-0.4, -0.2) is 30.7 Å². The topological polar surface area (TPSA) is 38.7 Å². The van der Waals surface area contributed by atoms with Crippen molar-refractivity contribution in [1.29, 1.82) is 0 Å². The Balaban J connectivity index is 1.43. The third kappa shape index (κ3) is 3.47. The van der Waals surface area contributed by atoms with Crippen molar-refractivity contribution in [3.63, 3.8) is 0 Å². The van der Waals surface area contributed by atoms with E-state index in [0.29, 0.717) is 17.3 Å². The quantitative estimate of drug-likeness (QED) is 0.410. The molecule has 0 aromatic heterocycles. The van der Waals surface area contributed by atoms with E-state index in [4.69, 9.17) is 9.47 Å². The van der Waals surface area contributed by atoms with E-state index in [1.807, 2.05) is 6.92 Å². The summed E-state index contributed by atoms with van der Waals surface area (Å²) < 4.78 is 12.7. The van der Waals surface area contributed by atoms with Crippen LogP contribution in [0.3, 0.4) is 0 Å². The van der Waals surface area contributed by atoms with Crippen LogP contribution in [-0.2, 0) is 9.47 Å². The SMILES string of the molecule is C/C(=C/CC[C@@H](C)[C@H]1CC[C@@]2(C)C3=CCC4C(C)(C)C5(CC[C@]4(C)C3=CC[C@]12C)OCCO5)CO. The fraction of sp³-hybridized carbons (Fsp3) is 0.812. The van der Waals surface area contributed by atoms with Gasteiger partial charge in [-0.15, -0.1) is 0 Å². The number of ether oxygens (including phenoxy) is 2. The molecular formula is C32H50O3. The highest BCUT2D eigenvalue weighted by atomic mass is 16.7. The average molecular weight is 483 g/mol. The van der Waals surface area contributed by atoms with Gasteiger partial charge in [-0.25, -0.2) is 0 Å². The largest absolute Gasteiger partial charge is 0.392 e. The van der Waals surface area contributed by atoms with Gasteiger partial charge in [0.2, 0.25) is 0 Å². The zero-order valence-electron chi connectivity index (χ0n) is 23.5. The van der Waals surface area contributed by atoms with Gasteiger partial charge in [-0.1, -0.05) is 65.3 Å². The summed E-state index contributed by atoms with van der Waals surface area (Å²) in [6.45, 7) is 18.8. The average Bonchev–Trinajstić information content (AvgIpc) is 3.40. The maximum Gasteiger partial charge on any atom is 0.173 e. The lowest BCUT2D eigenvalue weighted by Crippen LogP contribution is -2.60. The molecule has 0 aromatic rings. The van der Waals surface area contributed by atoms with Gasteiger partial charge in [-0.3, -0.25) is 0 Å². The van der Waals surface area contributed by atoms with Crippen LogP contribution in [0.25, 0.3) is 0 Å². The highest BCUT2D eigenvalue weighted by Crippen LogP contribution is 2.72. The van der Waals surface area contributed by atoms with Crippen molar-refractivity contribution in [3.8, 4) is 0 Å². The minimum absolute atomic E-state index is 0.00598. The Morgan fingerprint density at radius 2 is 1.77 bits per heavy atom. The van der Waals surface area contributed by atoms with Crippen molar-refractivity contribution in [1.82, 2.24) is 0 Å². The molecule has 3 fully saturated rings. The molecule has 1 N–H and O–H groups in total. The summed E-state index contributed by atoms with van der Waals surface area (Å²) in [7, 11) is 0. The number of allylic oxidation sites excluding steroid dienone is 5. The fourth-order valence-corrected chi connectivity index (χ4v) is 9.71. The van der Waals surface area contributed by atoms with Crippen molar-refractivity contribution < 1.29 is 14.6 Å². The summed E-state index contributed by atoms with van der Waals surface area (Å²) in [6, 6.07) is 0. The van der Waals surface area contributed by atoms with Gasteiger partial charge in [0, 0.05) is 11.8 Å². The van der Waals surface area contributed by atoms with Gasteiger partial charge >= 0.3 is 0 Å². The maximum atomic E-state index is 9.35. The first-order valence-corrected chi connectivity index (χ1v) is 14.4. The van der Waals surface area contributed by atoms with Crippen molar-refractivity contribution in [3.05, 3.63) is 34.9 Å². The molecule has 196 valence electrons. The molecule has 0 bridgehead atoms. The predicted molar refractivity (Wildman–Crippen MR) is 143 cm³/mol. The van der Waals surface area contributed by atoms with Crippen LogP contribution >= 0.6 is 0 Å². The third-order valence-electron chi connectivity index (χ3n) is 12.2. The van der Waals surface area contributed by atoms with E-state index in [2.05, 4.69) is 59.8 Å². The third-order valence-corrected chi connectivity index (χ3v) is 12.2. The molecule has 35 heavy (non-hydrogen) atoms. The van der Waals surface area contributed by atoms with E-state index in [1.54, 1.807) is 11.1 Å². The molecule has 3 heteroatoms. The molecule has 0 amide bonds. The van der Waals surface area contributed by atoms with Gasteiger partial charge in [0.05, 0.1) is 19.8 Å². The van der Waals surface area contributed by atoms with E-state index in [1.165, 1.54) is 25.7 Å². The van der Waals surface area contributed by atoms with Crippen LogP contribution in [0.15, 0.2) is 34.9 Å². The first kappa shape index (κ1) is 25.7. The zero-order chi connectivity index (χ0) is 25.3. The second-order valence-corrected chi connectivity index (χ2v) is 14.0. The summed E-state index contributed by atoms with van der Waals surface area (Å²) in [5, 5.41) is 9.35. The molecule has 0 radical (unpaired) electrons. The number of hydrogen-bond donors (Lipinski definition) is 1. The van der Waals surface area contributed by atoms with Crippen LogP contribution in [0.1, 0.15) is 99.8 Å². The van der Waals surface area contributed by atoms with Crippen molar-refractivity contribution in [2.24, 2.45) is 39.4 Å². The number of hydrogen-bond acceptors (Lipinski definition) is 3. The zero-order valence-corrected chi connectivity index (χ0v) is 23.5. The van der Waals surface area contributed by atoms with E-state index in [9.17, 15) is 5.11 Å². The Hall–Kier alpha value is -0.900. The van der Waals surface area contributed by atoms with E-state index in [-0.39, 0.29) is 22.9 Å². The second-order valence-electron chi connectivity index (χ2n) is 14.0. The Kier molecular flexibility index (Phi) is 6.30. The molecule has 5 aliphatic rings. The molecule has 1 spiro atoms. The molecule has 2 saturated carbocycles. The van der Waals surface area contributed by atoms with E-state index >= 15 is 0 Å². The number of aliphatic hydroxyl groups excluding tert-OH is 1. The first-order chi connectivity index (χ1) is 16.5.